The van der Waals surface area contributed by atoms with Gasteiger partial charge in [-0.3, -0.25) is 0 Å². The summed E-state index contributed by atoms with van der Waals surface area (Å²) >= 11 is 1.34. The lowest BCUT2D eigenvalue weighted by atomic mass is 9.90. The number of para-hydroxylation sites is 1. The van der Waals surface area contributed by atoms with Crippen LogP contribution in [0.5, 0.6) is 0 Å². The SMILES string of the molecule is Nc1nnc(-c2c3c(nc4c(F)cccc24)CCCC3)s1. The van der Waals surface area contributed by atoms with Crippen molar-refractivity contribution < 1.29 is 4.39 Å². The number of hydrogen-bond acceptors (Lipinski definition) is 5. The van der Waals surface area contributed by atoms with Crippen molar-refractivity contribution >= 4 is 27.4 Å². The molecular weight excluding hydrogens is 287 g/mol. The van der Waals surface area contributed by atoms with Gasteiger partial charge in [-0.25, -0.2) is 9.37 Å². The molecule has 0 spiro atoms. The molecule has 21 heavy (non-hydrogen) atoms. The first kappa shape index (κ1) is 12.6. The Morgan fingerprint density at radius 1 is 1.14 bits per heavy atom. The van der Waals surface area contributed by atoms with Crippen molar-refractivity contribution in [3.8, 4) is 10.6 Å². The third-order valence-electron chi connectivity index (χ3n) is 3.90. The highest BCUT2D eigenvalue weighted by molar-refractivity contribution is 7.18. The molecule has 1 aliphatic carbocycles. The summed E-state index contributed by atoms with van der Waals surface area (Å²) in [5.74, 6) is -0.292. The fraction of sp³-hybridized carbons (Fsp3) is 0.267. The number of rotatable bonds is 1. The van der Waals surface area contributed by atoms with Crippen LogP contribution in [-0.4, -0.2) is 15.2 Å². The number of aryl methyl sites for hydroxylation is 1. The van der Waals surface area contributed by atoms with Gasteiger partial charge in [0.25, 0.3) is 0 Å². The van der Waals surface area contributed by atoms with Crippen LogP contribution in [0.2, 0.25) is 0 Å². The number of anilines is 1. The number of nitrogens with zero attached hydrogens (tertiary/aromatic N) is 3. The second-order valence-electron chi connectivity index (χ2n) is 5.20. The van der Waals surface area contributed by atoms with Gasteiger partial charge in [0.1, 0.15) is 11.3 Å². The van der Waals surface area contributed by atoms with E-state index in [1.165, 1.54) is 23.0 Å². The summed E-state index contributed by atoms with van der Waals surface area (Å²) in [7, 11) is 0. The van der Waals surface area contributed by atoms with Gasteiger partial charge >= 0.3 is 0 Å². The molecule has 4 rings (SSSR count). The third kappa shape index (κ3) is 1.98. The Morgan fingerprint density at radius 3 is 2.81 bits per heavy atom. The van der Waals surface area contributed by atoms with Gasteiger partial charge in [-0.15, -0.1) is 10.2 Å². The van der Waals surface area contributed by atoms with E-state index < -0.39 is 0 Å². The molecule has 0 saturated carbocycles. The molecule has 0 fully saturated rings. The topological polar surface area (TPSA) is 64.7 Å². The second-order valence-corrected chi connectivity index (χ2v) is 6.21. The van der Waals surface area contributed by atoms with Gasteiger partial charge in [-0.05, 0) is 37.3 Å². The Labute approximate surface area is 124 Å². The highest BCUT2D eigenvalue weighted by atomic mass is 32.1. The lowest BCUT2D eigenvalue weighted by molar-refractivity contribution is 0.632. The van der Waals surface area contributed by atoms with E-state index in [4.69, 9.17) is 5.73 Å². The molecule has 1 aliphatic rings. The van der Waals surface area contributed by atoms with Crippen LogP contribution in [0.25, 0.3) is 21.5 Å². The lowest BCUT2D eigenvalue weighted by Crippen LogP contribution is -2.08. The Hall–Kier alpha value is -2.08. The first-order chi connectivity index (χ1) is 10.2. The van der Waals surface area contributed by atoms with Gasteiger partial charge in [0.15, 0.2) is 5.01 Å². The van der Waals surface area contributed by atoms with E-state index in [9.17, 15) is 4.39 Å². The van der Waals surface area contributed by atoms with Crippen LogP contribution < -0.4 is 5.73 Å². The molecule has 0 unspecified atom stereocenters. The van der Waals surface area contributed by atoms with Crippen LogP contribution in [0.4, 0.5) is 9.52 Å². The molecule has 0 saturated heterocycles. The number of benzene rings is 1. The molecule has 106 valence electrons. The average molecular weight is 300 g/mol. The molecule has 0 bridgehead atoms. The number of pyridine rings is 1. The van der Waals surface area contributed by atoms with E-state index in [1.807, 2.05) is 6.07 Å². The summed E-state index contributed by atoms with van der Waals surface area (Å²) in [6.07, 6.45) is 4.05. The van der Waals surface area contributed by atoms with Crippen LogP contribution in [0.15, 0.2) is 18.2 Å². The monoisotopic (exact) mass is 300 g/mol. The van der Waals surface area contributed by atoms with Gasteiger partial charge in [0.05, 0.1) is 0 Å². The predicted octanol–water partition coefficient (Wildman–Crippen LogP) is 3.35. The highest BCUT2D eigenvalue weighted by Gasteiger charge is 2.22. The Bertz CT molecular complexity index is 843. The maximum atomic E-state index is 14.1. The van der Waals surface area contributed by atoms with Gasteiger partial charge in [-0.2, -0.15) is 0 Å². The zero-order valence-corrected chi connectivity index (χ0v) is 12.1. The van der Waals surface area contributed by atoms with Crippen LogP contribution in [0.1, 0.15) is 24.1 Å². The summed E-state index contributed by atoms with van der Waals surface area (Å²) in [4.78, 5) is 4.56. The molecule has 0 radical (unpaired) electrons. The molecule has 4 nitrogen and oxygen atoms in total. The molecule has 2 heterocycles. The Morgan fingerprint density at radius 2 is 2.00 bits per heavy atom. The molecule has 2 aromatic heterocycles. The maximum absolute atomic E-state index is 14.1. The van der Waals surface area contributed by atoms with Crippen LogP contribution in [0, 0.1) is 5.82 Å². The van der Waals surface area contributed by atoms with E-state index in [2.05, 4.69) is 15.2 Å². The normalized spacial score (nSPS) is 14.3. The Balaban J connectivity index is 2.12. The van der Waals surface area contributed by atoms with Crippen LogP contribution in [0.3, 0.4) is 0 Å². The maximum Gasteiger partial charge on any atom is 0.203 e. The van der Waals surface area contributed by atoms with Crippen LogP contribution >= 0.6 is 11.3 Å². The fourth-order valence-corrected chi connectivity index (χ4v) is 3.69. The van der Waals surface area contributed by atoms with E-state index in [1.54, 1.807) is 6.07 Å². The summed E-state index contributed by atoms with van der Waals surface area (Å²) < 4.78 is 14.1. The number of halogens is 1. The van der Waals surface area contributed by atoms with Crippen molar-refractivity contribution in [1.29, 1.82) is 0 Å². The zero-order chi connectivity index (χ0) is 14.4. The second kappa shape index (κ2) is 4.73. The molecule has 1 aromatic carbocycles. The van der Waals surface area contributed by atoms with Crippen molar-refractivity contribution in [2.75, 3.05) is 5.73 Å². The summed E-state index contributed by atoms with van der Waals surface area (Å²) in [6, 6.07) is 5.05. The van der Waals surface area contributed by atoms with Crippen molar-refractivity contribution in [3.05, 3.63) is 35.3 Å². The minimum absolute atomic E-state index is 0.292. The largest absolute Gasteiger partial charge is 0.374 e. The Kier molecular flexibility index (Phi) is 2.85. The first-order valence-corrected chi connectivity index (χ1v) is 7.75. The van der Waals surface area contributed by atoms with Gasteiger partial charge in [-0.1, -0.05) is 23.5 Å². The van der Waals surface area contributed by atoms with Gasteiger partial charge < -0.3 is 5.73 Å². The van der Waals surface area contributed by atoms with Crippen LogP contribution in [-0.2, 0) is 12.8 Å². The van der Waals surface area contributed by atoms with Crippen molar-refractivity contribution in [2.45, 2.75) is 25.7 Å². The van der Waals surface area contributed by atoms with E-state index in [0.717, 1.165) is 47.3 Å². The van der Waals surface area contributed by atoms with E-state index in [-0.39, 0.29) is 5.82 Å². The number of nitrogens with two attached hydrogens (primary N) is 1. The number of aromatic nitrogens is 3. The molecule has 3 aromatic rings. The average Bonchev–Trinajstić information content (AvgIpc) is 2.92. The number of fused-ring (bicyclic) bond motifs is 2. The van der Waals surface area contributed by atoms with Gasteiger partial charge in [0, 0.05) is 16.6 Å². The van der Waals surface area contributed by atoms with E-state index in [0.29, 0.717) is 10.6 Å². The smallest absolute Gasteiger partial charge is 0.203 e. The minimum Gasteiger partial charge on any atom is -0.374 e. The van der Waals surface area contributed by atoms with Crippen molar-refractivity contribution in [2.24, 2.45) is 0 Å². The molecule has 6 heteroatoms. The summed E-state index contributed by atoms with van der Waals surface area (Å²) in [6.45, 7) is 0. The third-order valence-corrected chi connectivity index (χ3v) is 4.67. The van der Waals surface area contributed by atoms with E-state index >= 15 is 0 Å². The molecule has 0 atom stereocenters. The molecule has 0 amide bonds. The molecule has 0 aliphatic heterocycles. The quantitative estimate of drug-likeness (QED) is 0.748. The summed E-state index contributed by atoms with van der Waals surface area (Å²) in [5.41, 5.74) is 9.27. The predicted molar refractivity (Wildman–Crippen MR) is 81.7 cm³/mol. The first-order valence-electron chi connectivity index (χ1n) is 6.93. The number of hydrogen-bond donors (Lipinski definition) is 1. The molecular formula is C15H13FN4S. The summed E-state index contributed by atoms with van der Waals surface area (Å²) in [5, 5.41) is 10.0. The highest BCUT2D eigenvalue weighted by Crippen LogP contribution is 2.38. The van der Waals surface area contributed by atoms with Crippen molar-refractivity contribution in [3.63, 3.8) is 0 Å². The standard InChI is InChI=1S/C15H13FN4S/c16-10-6-3-5-9-12(14-19-20-15(17)21-14)8-4-1-2-7-11(8)18-13(9)10/h3,5-6H,1-2,4,7H2,(H2,17,20). The van der Waals surface area contributed by atoms with Crippen molar-refractivity contribution in [1.82, 2.24) is 15.2 Å². The fourth-order valence-electron chi connectivity index (χ4n) is 2.99. The minimum atomic E-state index is -0.292. The van der Waals surface area contributed by atoms with Gasteiger partial charge in [0.2, 0.25) is 5.13 Å². The molecule has 2 N–H and O–H groups in total. The lowest BCUT2D eigenvalue weighted by Gasteiger charge is -2.19. The zero-order valence-electron chi connectivity index (χ0n) is 11.3. The number of nitrogen functional groups attached to an aromatic ring is 1.